The van der Waals surface area contributed by atoms with E-state index in [2.05, 4.69) is 4.98 Å². The molecule has 0 aliphatic rings. The zero-order valence-electron chi connectivity index (χ0n) is 11.4. The lowest BCUT2D eigenvalue weighted by atomic mass is 10.1. The summed E-state index contributed by atoms with van der Waals surface area (Å²) in [5, 5.41) is 0. The Kier molecular flexibility index (Phi) is 3.39. The number of pyridine rings is 1. The maximum Gasteiger partial charge on any atom is 0.355 e. The number of nitrogens with zero attached hydrogens (tertiary/aromatic N) is 2. The normalized spacial score (nSPS) is 10.8. The summed E-state index contributed by atoms with van der Waals surface area (Å²) < 4.78 is 19.6. The van der Waals surface area contributed by atoms with Gasteiger partial charge in [0.15, 0.2) is 0 Å². The van der Waals surface area contributed by atoms with Crippen LogP contribution in [0.5, 0.6) is 0 Å². The van der Waals surface area contributed by atoms with Crippen LogP contribution >= 0.6 is 0 Å². The van der Waals surface area contributed by atoms with Gasteiger partial charge in [0.05, 0.1) is 12.8 Å². The first-order valence-corrected chi connectivity index (χ1v) is 6.47. The second-order valence-corrected chi connectivity index (χ2v) is 4.67. The first-order valence-electron chi connectivity index (χ1n) is 6.47. The van der Waals surface area contributed by atoms with Gasteiger partial charge >= 0.3 is 5.97 Å². The summed E-state index contributed by atoms with van der Waals surface area (Å²) in [6.07, 6.45) is 2.27. The molecule has 0 fully saturated rings. The molecule has 0 radical (unpaired) electrons. The van der Waals surface area contributed by atoms with Crippen molar-refractivity contribution in [3.8, 4) is 0 Å². The van der Waals surface area contributed by atoms with Crippen LogP contribution in [0.4, 0.5) is 4.39 Å². The van der Waals surface area contributed by atoms with Crippen LogP contribution in [-0.2, 0) is 11.2 Å². The van der Waals surface area contributed by atoms with E-state index in [9.17, 15) is 9.18 Å². The quantitative estimate of drug-likeness (QED) is 0.695. The Labute approximate surface area is 120 Å². The van der Waals surface area contributed by atoms with Crippen LogP contribution in [0.2, 0.25) is 0 Å². The van der Waals surface area contributed by atoms with Gasteiger partial charge in [0.25, 0.3) is 0 Å². The largest absolute Gasteiger partial charge is 0.464 e. The molecule has 0 aliphatic carbocycles. The maximum absolute atomic E-state index is 13.2. The van der Waals surface area contributed by atoms with Gasteiger partial charge in [-0.2, -0.15) is 0 Å². The Balaban J connectivity index is 1.99. The topological polar surface area (TPSA) is 43.6 Å². The number of fused-ring (bicyclic) bond motifs is 1. The molecule has 1 aromatic carbocycles. The first kappa shape index (κ1) is 13.3. The minimum Gasteiger partial charge on any atom is -0.464 e. The van der Waals surface area contributed by atoms with Gasteiger partial charge in [0.1, 0.15) is 17.2 Å². The fraction of sp³-hybridized carbons (Fsp3) is 0.125. The van der Waals surface area contributed by atoms with Crippen molar-refractivity contribution in [2.45, 2.75) is 6.42 Å². The molecule has 106 valence electrons. The standard InChI is InChI=1S/C16H13FN2O2/c1-21-16(20)14-6-3-7-15-18-13(10-19(14)15)9-11-4-2-5-12(17)8-11/h2-8,10H,9H2,1H3. The fourth-order valence-corrected chi connectivity index (χ4v) is 2.27. The van der Waals surface area contributed by atoms with Crippen LogP contribution in [0.3, 0.4) is 0 Å². The monoisotopic (exact) mass is 284 g/mol. The van der Waals surface area contributed by atoms with Crippen molar-refractivity contribution in [1.82, 2.24) is 9.38 Å². The molecule has 0 aliphatic heterocycles. The van der Waals surface area contributed by atoms with Crippen LogP contribution in [0.1, 0.15) is 21.7 Å². The number of imidazole rings is 1. The molecule has 2 heterocycles. The van der Waals surface area contributed by atoms with Crippen LogP contribution in [0.25, 0.3) is 5.65 Å². The summed E-state index contributed by atoms with van der Waals surface area (Å²) in [7, 11) is 1.34. The molecular weight excluding hydrogens is 271 g/mol. The van der Waals surface area contributed by atoms with Crippen molar-refractivity contribution in [1.29, 1.82) is 0 Å². The summed E-state index contributed by atoms with van der Waals surface area (Å²) in [6, 6.07) is 11.6. The average molecular weight is 284 g/mol. The maximum atomic E-state index is 13.2. The molecule has 0 saturated carbocycles. The van der Waals surface area contributed by atoms with Crippen molar-refractivity contribution in [3.63, 3.8) is 0 Å². The molecule has 4 nitrogen and oxygen atoms in total. The van der Waals surface area contributed by atoms with Crippen molar-refractivity contribution in [3.05, 3.63) is 71.4 Å². The van der Waals surface area contributed by atoms with Gasteiger partial charge in [-0.25, -0.2) is 14.2 Å². The zero-order chi connectivity index (χ0) is 14.8. The number of esters is 1. The van der Waals surface area contributed by atoms with Crippen LogP contribution in [0.15, 0.2) is 48.7 Å². The van der Waals surface area contributed by atoms with Crippen LogP contribution in [-0.4, -0.2) is 22.5 Å². The number of carbonyl (C=O) groups excluding carboxylic acids is 1. The van der Waals surface area contributed by atoms with Crippen molar-refractivity contribution < 1.29 is 13.9 Å². The number of aromatic nitrogens is 2. The van der Waals surface area contributed by atoms with E-state index in [1.54, 1.807) is 28.8 Å². The predicted octanol–water partition coefficient (Wildman–Crippen LogP) is 2.85. The molecule has 3 rings (SSSR count). The van der Waals surface area contributed by atoms with Gasteiger partial charge in [-0.05, 0) is 29.8 Å². The van der Waals surface area contributed by atoms with E-state index in [0.717, 1.165) is 11.3 Å². The Bertz CT molecular complexity index is 811. The van der Waals surface area contributed by atoms with E-state index in [4.69, 9.17) is 4.74 Å². The van der Waals surface area contributed by atoms with Crippen LogP contribution < -0.4 is 0 Å². The van der Waals surface area contributed by atoms with Crippen LogP contribution in [0, 0.1) is 5.82 Å². The number of hydrogen-bond donors (Lipinski definition) is 0. The summed E-state index contributed by atoms with van der Waals surface area (Å²) in [5.41, 5.74) is 2.66. The number of ether oxygens (including phenoxy) is 1. The highest BCUT2D eigenvalue weighted by Crippen LogP contribution is 2.14. The highest BCUT2D eigenvalue weighted by atomic mass is 19.1. The minimum absolute atomic E-state index is 0.272. The predicted molar refractivity (Wildman–Crippen MR) is 75.7 cm³/mol. The summed E-state index contributed by atoms with van der Waals surface area (Å²) in [6.45, 7) is 0. The van der Waals surface area contributed by atoms with Gasteiger partial charge < -0.3 is 4.74 Å². The van der Waals surface area contributed by atoms with Gasteiger partial charge in [-0.3, -0.25) is 4.40 Å². The van der Waals surface area contributed by atoms with E-state index >= 15 is 0 Å². The third-order valence-electron chi connectivity index (χ3n) is 3.21. The SMILES string of the molecule is COC(=O)c1cccc2nc(Cc3cccc(F)c3)cn12. The van der Waals surface area contributed by atoms with E-state index in [1.807, 2.05) is 12.1 Å². The lowest BCUT2D eigenvalue weighted by molar-refractivity contribution is 0.0592. The molecule has 2 aromatic heterocycles. The third kappa shape index (κ3) is 2.63. The lowest BCUT2D eigenvalue weighted by Crippen LogP contribution is -2.06. The van der Waals surface area contributed by atoms with E-state index in [1.165, 1.54) is 19.2 Å². The molecule has 0 spiro atoms. The summed E-state index contributed by atoms with van der Waals surface area (Å²) in [4.78, 5) is 16.2. The Morgan fingerprint density at radius 1 is 1.29 bits per heavy atom. The average Bonchev–Trinajstić information content (AvgIpc) is 2.88. The molecule has 0 amide bonds. The zero-order valence-corrected chi connectivity index (χ0v) is 11.4. The van der Waals surface area contributed by atoms with Gasteiger partial charge in [-0.15, -0.1) is 0 Å². The van der Waals surface area contributed by atoms with Crippen molar-refractivity contribution in [2.24, 2.45) is 0 Å². The first-order chi connectivity index (χ1) is 10.2. The third-order valence-corrected chi connectivity index (χ3v) is 3.21. The second kappa shape index (κ2) is 5.36. The summed E-state index contributed by atoms with van der Waals surface area (Å²) in [5.74, 6) is -0.693. The molecule has 21 heavy (non-hydrogen) atoms. The van der Waals surface area contributed by atoms with E-state index in [0.29, 0.717) is 17.8 Å². The molecule has 0 N–H and O–H groups in total. The smallest absolute Gasteiger partial charge is 0.355 e. The van der Waals surface area contributed by atoms with Gasteiger partial charge in [0, 0.05) is 12.6 Å². The number of rotatable bonds is 3. The summed E-state index contributed by atoms with van der Waals surface area (Å²) >= 11 is 0. The van der Waals surface area contributed by atoms with Crippen molar-refractivity contribution in [2.75, 3.05) is 7.11 Å². The molecule has 3 aromatic rings. The number of carbonyl (C=O) groups is 1. The minimum atomic E-state index is -0.421. The molecule has 0 atom stereocenters. The molecule has 0 bridgehead atoms. The highest BCUT2D eigenvalue weighted by molar-refractivity contribution is 5.88. The van der Waals surface area contributed by atoms with E-state index < -0.39 is 5.97 Å². The van der Waals surface area contributed by atoms with Gasteiger partial charge in [-0.1, -0.05) is 18.2 Å². The Morgan fingerprint density at radius 3 is 2.86 bits per heavy atom. The Morgan fingerprint density at radius 2 is 2.10 bits per heavy atom. The van der Waals surface area contributed by atoms with Gasteiger partial charge in [0.2, 0.25) is 0 Å². The van der Waals surface area contributed by atoms with E-state index in [-0.39, 0.29) is 5.82 Å². The number of methoxy groups -OCH3 is 1. The number of halogens is 1. The van der Waals surface area contributed by atoms with Crippen molar-refractivity contribution >= 4 is 11.6 Å². The number of hydrogen-bond acceptors (Lipinski definition) is 3. The lowest BCUT2D eigenvalue weighted by Gasteiger charge is -2.01. The second-order valence-electron chi connectivity index (χ2n) is 4.67. The molecule has 0 unspecified atom stereocenters. The molecular formula is C16H13FN2O2. The molecule has 5 heteroatoms. The Hall–Kier alpha value is -2.69. The number of benzene rings is 1. The fourth-order valence-electron chi connectivity index (χ4n) is 2.27. The highest BCUT2D eigenvalue weighted by Gasteiger charge is 2.12. The molecule has 0 saturated heterocycles.